The zero-order chi connectivity index (χ0) is 19.7. The second-order valence-electron chi connectivity index (χ2n) is 6.38. The molecule has 0 bridgehead atoms. The third-order valence-corrected chi connectivity index (χ3v) is 5.03. The van der Waals surface area contributed by atoms with Gasteiger partial charge in [0.2, 0.25) is 0 Å². The number of carbonyl (C=O) groups is 2. The molecule has 0 aliphatic carbocycles. The first-order valence-corrected chi connectivity index (χ1v) is 9.09. The summed E-state index contributed by atoms with van der Waals surface area (Å²) < 4.78 is 1.67. The van der Waals surface area contributed by atoms with Gasteiger partial charge in [-0.25, -0.2) is 9.97 Å². The average Bonchev–Trinajstić information content (AvgIpc) is 3.11. The molecule has 0 radical (unpaired) electrons. The number of rotatable bonds is 3. The zero-order valence-corrected chi connectivity index (χ0v) is 15.8. The van der Waals surface area contributed by atoms with Gasteiger partial charge in [0.15, 0.2) is 0 Å². The number of halogens is 1. The predicted octanol–water partition coefficient (Wildman–Crippen LogP) is 2.39. The summed E-state index contributed by atoms with van der Waals surface area (Å²) >= 11 is 6.14. The molecule has 8 nitrogen and oxygen atoms in total. The molecule has 9 heteroatoms. The Bertz CT molecular complexity index is 1040. The fourth-order valence-corrected chi connectivity index (χ4v) is 3.57. The van der Waals surface area contributed by atoms with Crippen molar-refractivity contribution in [3.63, 3.8) is 0 Å². The molecule has 1 unspecified atom stereocenters. The number of hydrogen-bond donors (Lipinski definition) is 1. The van der Waals surface area contributed by atoms with Crippen LogP contribution in [0.3, 0.4) is 0 Å². The van der Waals surface area contributed by atoms with Crippen molar-refractivity contribution < 1.29 is 9.59 Å². The first kappa shape index (κ1) is 18.1. The van der Waals surface area contributed by atoms with Gasteiger partial charge in [-0.3, -0.25) is 14.3 Å². The van der Waals surface area contributed by atoms with Gasteiger partial charge in [0.05, 0.1) is 34.2 Å². The Balaban J connectivity index is 1.61. The van der Waals surface area contributed by atoms with Gasteiger partial charge in [0.1, 0.15) is 12.0 Å². The van der Waals surface area contributed by atoms with E-state index in [1.165, 1.54) is 12.5 Å². The first-order valence-electron chi connectivity index (χ1n) is 8.71. The van der Waals surface area contributed by atoms with Gasteiger partial charge < -0.3 is 10.2 Å². The van der Waals surface area contributed by atoms with E-state index < -0.39 is 0 Å². The molecular weight excluding hydrogens is 380 g/mol. The molecule has 4 rings (SSSR count). The Labute approximate surface area is 166 Å². The number of hydrogen-bond acceptors (Lipinski definition) is 5. The SMILES string of the molecule is Cn1ncc2c1C(NC(=O)c1ccccc1Cl)CCN2C(=O)c1ccncn1. The normalized spacial score (nSPS) is 15.8. The summed E-state index contributed by atoms with van der Waals surface area (Å²) in [7, 11) is 1.78. The van der Waals surface area contributed by atoms with E-state index in [0.717, 1.165) is 5.69 Å². The number of nitrogens with one attached hydrogen (secondary N) is 1. The predicted molar refractivity (Wildman–Crippen MR) is 103 cm³/mol. The third-order valence-electron chi connectivity index (χ3n) is 4.70. The highest BCUT2D eigenvalue weighted by Crippen LogP contribution is 2.34. The summed E-state index contributed by atoms with van der Waals surface area (Å²) in [6.07, 6.45) is 5.04. The minimum atomic E-state index is -0.291. The standard InChI is InChI=1S/C19H17ClN6O2/c1-25-17-14(24-18(27)12-4-2-3-5-13(12)20)7-9-26(16(17)10-23-25)19(28)15-6-8-21-11-22-15/h2-6,8,10-11,14H,7,9H2,1H3,(H,24,27). The second kappa shape index (κ2) is 7.40. The van der Waals surface area contributed by atoms with E-state index in [4.69, 9.17) is 11.6 Å². The van der Waals surface area contributed by atoms with Gasteiger partial charge in [-0.15, -0.1) is 0 Å². The van der Waals surface area contributed by atoms with E-state index in [1.54, 1.807) is 53.2 Å². The van der Waals surface area contributed by atoms with Crippen molar-refractivity contribution in [2.24, 2.45) is 7.05 Å². The lowest BCUT2D eigenvalue weighted by Gasteiger charge is -2.32. The van der Waals surface area contributed by atoms with Crippen LogP contribution in [-0.2, 0) is 7.05 Å². The lowest BCUT2D eigenvalue weighted by Crippen LogP contribution is -2.41. The Morgan fingerprint density at radius 3 is 2.82 bits per heavy atom. The molecule has 142 valence electrons. The number of benzene rings is 1. The molecule has 3 heterocycles. The number of fused-ring (bicyclic) bond motifs is 1. The molecular formula is C19H17ClN6O2. The van der Waals surface area contributed by atoms with Crippen LogP contribution in [0.1, 0.15) is 39.0 Å². The zero-order valence-electron chi connectivity index (χ0n) is 15.0. The highest BCUT2D eigenvalue weighted by Gasteiger charge is 2.33. The minimum absolute atomic E-state index is 0.229. The number of aryl methyl sites for hydroxylation is 1. The summed E-state index contributed by atoms with van der Waals surface area (Å²) in [5.74, 6) is -0.495. The number of amides is 2. The van der Waals surface area contributed by atoms with Gasteiger partial charge in [0, 0.05) is 19.8 Å². The van der Waals surface area contributed by atoms with Gasteiger partial charge in [0.25, 0.3) is 11.8 Å². The Kier molecular flexibility index (Phi) is 4.79. The highest BCUT2D eigenvalue weighted by molar-refractivity contribution is 6.33. The van der Waals surface area contributed by atoms with Crippen LogP contribution in [0.15, 0.2) is 49.1 Å². The van der Waals surface area contributed by atoms with Crippen LogP contribution in [0.4, 0.5) is 5.69 Å². The molecule has 1 atom stereocenters. The Morgan fingerprint density at radius 1 is 1.25 bits per heavy atom. The van der Waals surface area contributed by atoms with Crippen molar-refractivity contribution in [3.8, 4) is 0 Å². The topological polar surface area (TPSA) is 93.0 Å². The van der Waals surface area contributed by atoms with Crippen LogP contribution in [0.25, 0.3) is 0 Å². The Hall–Kier alpha value is -3.26. The van der Waals surface area contributed by atoms with E-state index in [-0.39, 0.29) is 17.9 Å². The quantitative estimate of drug-likeness (QED) is 0.733. The number of carbonyl (C=O) groups excluding carboxylic acids is 2. The van der Waals surface area contributed by atoms with E-state index in [2.05, 4.69) is 20.4 Å². The summed E-state index contributed by atoms with van der Waals surface area (Å²) in [6.45, 7) is 0.426. The van der Waals surface area contributed by atoms with Crippen molar-refractivity contribution >= 4 is 29.1 Å². The van der Waals surface area contributed by atoms with Gasteiger partial charge in [-0.05, 0) is 24.6 Å². The van der Waals surface area contributed by atoms with Crippen molar-refractivity contribution in [1.82, 2.24) is 25.1 Å². The van der Waals surface area contributed by atoms with Crippen LogP contribution < -0.4 is 10.2 Å². The number of aromatic nitrogens is 4. The van der Waals surface area contributed by atoms with E-state index in [0.29, 0.717) is 34.9 Å². The fourth-order valence-electron chi connectivity index (χ4n) is 3.35. The fraction of sp³-hybridized carbons (Fsp3) is 0.211. The number of anilines is 1. The molecule has 28 heavy (non-hydrogen) atoms. The molecule has 1 aromatic carbocycles. The van der Waals surface area contributed by atoms with Crippen LogP contribution in [-0.4, -0.2) is 38.1 Å². The summed E-state index contributed by atoms with van der Waals surface area (Å²) in [5, 5.41) is 7.69. The molecule has 2 amide bonds. The molecule has 1 N–H and O–H groups in total. The van der Waals surface area contributed by atoms with Crippen molar-refractivity contribution in [1.29, 1.82) is 0 Å². The monoisotopic (exact) mass is 396 g/mol. The maximum atomic E-state index is 12.9. The molecule has 2 aromatic heterocycles. The molecule has 0 fully saturated rings. The largest absolute Gasteiger partial charge is 0.343 e. The maximum absolute atomic E-state index is 12.9. The molecule has 1 aliphatic heterocycles. The van der Waals surface area contributed by atoms with Crippen molar-refractivity contribution in [2.75, 3.05) is 11.4 Å². The van der Waals surface area contributed by atoms with E-state index in [1.807, 2.05) is 0 Å². The van der Waals surface area contributed by atoms with Gasteiger partial charge in [-0.1, -0.05) is 23.7 Å². The Morgan fingerprint density at radius 2 is 2.07 bits per heavy atom. The summed E-state index contributed by atoms with van der Waals surface area (Å²) in [6, 6.07) is 8.17. The van der Waals surface area contributed by atoms with Crippen LogP contribution in [0, 0.1) is 0 Å². The van der Waals surface area contributed by atoms with Crippen molar-refractivity contribution in [2.45, 2.75) is 12.5 Å². The smallest absolute Gasteiger partial charge is 0.277 e. The lowest BCUT2D eigenvalue weighted by molar-refractivity contribution is 0.0931. The second-order valence-corrected chi connectivity index (χ2v) is 6.79. The third kappa shape index (κ3) is 3.22. The highest BCUT2D eigenvalue weighted by atomic mass is 35.5. The van der Waals surface area contributed by atoms with Gasteiger partial charge >= 0.3 is 0 Å². The van der Waals surface area contributed by atoms with E-state index in [9.17, 15) is 9.59 Å². The summed E-state index contributed by atoms with van der Waals surface area (Å²) in [5.41, 5.74) is 2.13. The van der Waals surface area contributed by atoms with Crippen molar-refractivity contribution in [3.05, 3.63) is 71.0 Å². The maximum Gasteiger partial charge on any atom is 0.277 e. The van der Waals surface area contributed by atoms with Crippen LogP contribution in [0.5, 0.6) is 0 Å². The minimum Gasteiger partial charge on any atom is -0.343 e. The number of nitrogens with zero attached hydrogens (tertiary/aromatic N) is 5. The molecule has 0 saturated heterocycles. The molecule has 1 aliphatic rings. The first-order chi connectivity index (χ1) is 13.6. The van der Waals surface area contributed by atoms with E-state index >= 15 is 0 Å². The van der Waals surface area contributed by atoms with Crippen LogP contribution in [0.2, 0.25) is 5.02 Å². The van der Waals surface area contributed by atoms with Gasteiger partial charge in [-0.2, -0.15) is 5.10 Å². The lowest BCUT2D eigenvalue weighted by atomic mass is 10.0. The molecule has 0 saturated carbocycles. The molecule has 3 aromatic rings. The average molecular weight is 397 g/mol. The molecule has 0 spiro atoms. The van der Waals surface area contributed by atoms with Crippen LogP contribution >= 0.6 is 11.6 Å². The summed E-state index contributed by atoms with van der Waals surface area (Å²) in [4.78, 5) is 35.1.